The third kappa shape index (κ3) is 4.14. The van der Waals surface area contributed by atoms with E-state index in [0.717, 1.165) is 52.7 Å². The molecule has 1 aliphatic rings. The third-order valence-electron chi connectivity index (χ3n) is 7.70. The van der Waals surface area contributed by atoms with Gasteiger partial charge in [0.15, 0.2) is 0 Å². The zero-order valence-electron chi connectivity index (χ0n) is 21.6. The second-order valence-electron chi connectivity index (χ2n) is 10.3. The van der Waals surface area contributed by atoms with Crippen LogP contribution < -0.4 is 5.32 Å². The van der Waals surface area contributed by atoms with Gasteiger partial charge in [-0.05, 0) is 72.2 Å². The molecule has 1 aliphatic heterocycles. The summed E-state index contributed by atoms with van der Waals surface area (Å²) in [5.41, 5.74) is 8.08. The predicted molar refractivity (Wildman–Crippen MR) is 150 cm³/mol. The molecule has 0 fully saturated rings. The van der Waals surface area contributed by atoms with Crippen molar-refractivity contribution in [3.63, 3.8) is 0 Å². The number of aryl methyl sites for hydroxylation is 3. The first-order valence-electron chi connectivity index (χ1n) is 13.2. The van der Waals surface area contributed by atoms with Gasteiger partial charge in [-0.2, -0.15) is 0 Å². The molecule has 0 radical (unpaired) electrons. The Hall–Kier alpha value is -4.85. The van der Waals surface area contributed by atoms with Gasteiger partial charge in [0.05, 0.1) is 12.6 Å². The van der Waals surface area contributed by atoms with E-state index in [4.69, 9.17) is 0 Å². The van der Waals surface area contributed by atoms with Crippen LogP contribution in [0.15, 0.2) is 79.1 Å². The SMILES string of the molecule is Cn1cc(Cn2ccc3ccc(CCCc4[nH]c5ccccc5c4C4NC(=O)c5ccc(O)cc54)cc32)nn1. The van der Waals surface area contributed by atoms with Crippen molar-refractivity contribution >= 4 is 27.7 Å². The number of phenolic OH excluding ortho intramolecular Hbond substituents is 1. The number of nitrogens with one attached hydrogen (secondary N) is 2. The Kier molecular flexibility index (Phi) is 5.47. The lowest BCUT2D eigenvalue weighted by molar-refractivity contribution is 0.0960. The fourth-order valence-corrected chi connectivity index (χ4v) is 5.89. The van der Waals surface area contributed by atoms with Gasteiger partial charge in [0, 0.05) is 52.7 Å². The molecule has 3 aromatic heterocycles. The minimum absolute atomic E-state index is 0.107. The molecule has 0 aliphatic carbocycles. The Morgan fingerprint density at radius 2 is 1.92 bits per heavy atom. The van der Waals surface area contributed by atoms with Crippen molar-refractivity contribution in [2.75, 3.05) is 0 Å². The van der Waals surface area contributed by atoms with E-state index in [-0.39, 0.29) is 17.7 Å². The topological polar surface area (TPSA) is 101 Å². The van der Waals surface area contributed by atoms with Gasteiger partial charge in [-0.15, -0.1) is 5.10 Å². The van der Waals surface area contributed by atoms with Crippen LogP contribution >= 0.6 is 0 Å². The lowest BCUT2D eigenvalue weighted by atomic mass is 9.94. The molecule has 8 heteroatoms. The number of carbonyl (C=O) groups is 1. The normalized spacial score (nSPS) is 14.8. The van der Waals surface area contributed by atoms with Crippen molar-refractivity contribution < 1.29 is 9.90 Å². The first-order chi connectivity index (χ1) is 19.0. The summed E-state index contributed by atoms with van der Waals surface area (Å²) in [6, 6.07) is 21.7. The average Bonchev–Trinajstić information content (AvgIpc) is 3.69. The summed E-state index contributed by atoms with van der Waals surface area (Å²) in [5, 5.41) is 23.9. The van der Waals surface area contributed by atoms with Gasteiger partial charge in [0.1, 0.15) is 11.4 Å². The molecule has 4 heterocycles. The summed E-state index contributed by atoms with van der Waals surface area (Å²) < 4.78 is 3.94. The van der Waals surface area contributed by atoms with Crippen molar-refractivity contribution in [1.82, 2.24) is 29.9 Å². The molecule has 1 unspecified atom stereocenters. The molecule has 194 valence electrons. The van der Waals surface area contributed by atoms with E-state index in [2.05, 4.69) is 67.8 Å². The van der Waals surface area contributed by atoms with E-state index in [9.17, 15) is 9.90 Å². The number of benzene rings is 3. The lowest BCUT2D eigenvalue weighted by Gasteiger charge is -2.15. The quantitative estimate of drug-likeness (QED) is 0.278. The van der Waals surface area contributed by atoms with E-state index >= 15 is 0 Å². The maximum Gasteiger partial charge on any atom is 0.252 e. The minimum atomic E-state index is -0.300. The number of hydrogen-bond donors (Lipinski definition) is 3. The number of aromatic nitrogens is 5. The molecule has 8 nitrogen and oxygen atoms in total. The highest BCUT2D eigenvalue weighted by Gasteiger charge is 2.33. The number of carbonyl (C=O) groups excluding carboxylic acids is 1. The maximum atomic E-state index is 12.7. The van der Waals surface area contributed by atoms with Crippen LogP contribution in [0.1, 0.15) is 50.9 Å². The molecule has 0 spiro atoms. The molecule has 39 heavy (non-hydrogen) atoms. The van der Waals surface area contributed by atoms with Crippen LogP contribution in [-0.4, -0.2) is 35.6 Å². The van der Waals surface area contributed by atoms with Gasteiger partial charge < -0.3 is 20.0 Å². The van der Waals surface area contributed by atoms with Gasteiger partial charge in [-0.25, -0.2) is 0 Å². The number of nitrogens with zero attached hydrogens (tertiary/aromatic N) is 4. The summed E-state index contributed by atoms with van der Waals surface area (Å²) in [7, 11) is 1.88. The van der Waals surface area contributed by atoms with Crippen LogP contribution in [0.2, 0.25) is 0 Å². The Morgan fingerprint density at radius 3 is 2.79 bits per heavy atom. The Balaban J connectivity index is 1.15. The van der Waals surface area contributed by atoms with E-state index in [1.165, 1.54) is 16.5 Å². The highest BCUT2D eigenvalue weighted by atomic mass is 16.3. The number of aromatic hydroxyl groups is 1. The molecule has 1 atom stereocenters. The van der Waals surface area contributed by atoms with Crippen LogP contribution in [-0.2, 0) is 26.4 Å². The first-order valence-corrected chi connectivity index (χ1v) is 13.2. The van der Waals surface area contributed by atoms with E-state index in [1.54, 1.807) is 22.9 Å². The molecule has 3 aromatic carbocycles. The molecular weight excluding hydrogens is 488 g/mol. The fourth-order valence-electron chi connectivity index (χ4n) is 5.89. The van der Waals surface area contributed by atoms with Crippen LogP contribution in [0.3, 0.4) is 0 Å². The van der Waals surface area contributed by atoms with Crippen LogP contribution in [0.5, 0.6) is 5.75 Å². The summed E-state index contributed by atoms with van der Waals surface area (Å²) in [6.07, 6.45) is 6.76. The fraction of sp³-hybridized carbons (Fsp3) is 0.194. The molecule has 0 bridgehead atoms. The summed E-state index contributed by atoms with van der Waals surface area (Å²) in [4.78, 5) is 16.4. The van der Waals surface area contributed by atoms with Gasteiger partial charge in [0.2, 0.25) is 0 Å². The summed E-state index contributed by atoms with van der Waals surface area (Å²) >= 11 is 0. The Bertz CT molecular complexity index is 1860. The van der Waals surface area contributed by atoms with Crippen molar-refractivity contribution in [3.8, 4) is 5.75 Å². The largest absolute Gasteiger partial charge is 0.508 e. The molecule has 0 saturated carbocycles. The molecule has 7 rings (SSSR count). The van der Waals surface area contributed by atoms with Crippen molar-refractivity contribution in [2.24, 2.45) is 7.05 Å². The van der Waals surface area contributed by atoms with E-state index in [1.807, 2.05) is 25.4 Å². The number of amides is 1. The van der Waals surface area contributed by atoms with Crippen molar-refractivity contribution in [1.29, 1.82) is 0 Å². The van der Waals surface area contributed by atoms with Crippen LogP contribution in [0.25, 0.3) is 21.8 Å². The molecule has 6 aromatic rings. The smallest absolute Gasteiger partial charge is 0.252 e. The standard InChI is InChI=1S/C31H28N6O2/c1-36-17-21(34-35-36)18-37-14-13-20-10-9-19(15-28(20)37)5-4-8-27-29(24-6-2-3-7-26(24)32-27)30-25-16-22(38)11-12-23(25)31(39)33-30/h2-3,6-7,9-17,30,32,38H,4-5,8,18H2,1H3,(H,33,39). The molecule has 1 amide bonds. The monoisotopic (exact) mass is 516 g/mol. The second kappa shape index (κ2) is 9.16. The van der Waals surface area contributed by atoms with Crippen molar-refractivity contribution in [2.45, 2.75) is 31.8 Å². The maximum absolute atomic E-state index is 12.7. The molecular formula is C31H28N6O2. The van der Waals surface area contributed by atoms with Crippen LogP contribution in [0, 0.1) is 0 Å². The molecule has 0 saturated heterocycles. The highest BCUT2D eigenvalue weighted by molar-refractivity contribution is 6.01. The Labute approximate surface area is 224 Å². The van der Waals surface area contributed by atoms with Gasteiger partial charge in [0.25, 0.3) is 5.91 Å². The van der Waals surface area contributed by atoms with E-state index in [0.29, 0.717) is 12.1 Å². The lowest BCUT2D eigenvalue weighted by Crippen LogP contribution is -2.20. The third-order valence-corrected chi connectivity index (χ3v) is 7.70. The van der Waals surface area contributed by atoms with E-state index < -0.39 is 0 Å². The number of rotatable bonds is 7. The predicted octanol–water partition coefficient (Wildman–Crippen LogP) is 5.01. The number of phenols is 1. The zero-order valence-corrected chi connectivity index (χ0v) is 21.6. The van der Waals surface area contributed by atoms with Crippen LogP contribution in [0.4, 0.5) is 0 Å². The minimum Gasteiger partial charge on any atom is -0.508 e. The second-order valence-corrected chi connectivity index (χ2v) is 10.3. The number of hydrogen-bond acceptors (Lipinski definition) is 4. The highest BCUT2D eigenvalue weighted by Crippen LogP contribution is 2.39. The average molecular weight is 517 g/mol. The number of fused-ring (bicyclic) bond motifs is 3. The first kappa shape index (κ1) is 23.3. The summed E-state index contributed by atoms with van der Waals surface area (Å²) in [5.74, 6) is 0.0557. The Morgan fingerprint density at radius 1 is 1.03 bits per heavy atom. The number of H-pyrrole nitrogens is 1. The van der Waals surface area contributed by atoms with Gasteiger partial charge >= 0.3 is 0 Å². The summed E-state index contributed by atoms with van der Waals surface area (Å²) in [6.45, 7) is 0.684. The van der Waals surface area contributed by atoms with Crippen molar-refractivity contribution in [3.05, 3.63) is 113 Å². The zero-order chi connectivity index (χ0) is 26.5. The number of aromatic amines is 1. The van der Waals surface area contributed by atoms with Gasteiger partial charge in [-0.1, -0.05) is 35.5 Å². The number of para-hydroxylation sites is 1. The van der Waals surface area contributed by atoms with Gasteiger partial charge in [-0.3, -0.25) is 9.48 Å². The molecule has 3 N–H and O–H groups in total.